The van der Waals surface area contributed by atoms with E-state index in [-0.39, 0.29) is 25.2 Å². The van der Waals surface area contributed by atoms with Crippen molar-refractivity contribution in [2.45, 2.75) is 51.5 Å². The summed E-state index contributed by atoms with van der Waals surface area (Å²) in [5.41, 5.74) is 9.95. The number of hydrogen-bond acceptors (Lipinski definition) is 7. The lowest BCUT2D eigenvalue weighted by Gasteiger charge is -2.27. The molecule has 42 heavy (non-hydrogen) atoms. The van der Waals surface area contributed by atoms with Crippen LogP contribution in [0.4, 0.5) is 4.39 Å². The number of ether oxygens (including phenoxy) is 2. The maximum absolute atomic E-state index is 14.1. The molecule has 0 saturated carbocycles. The van der Waals surface area contributed by atoms with Crippen LogP contribution in [0.15, 0.2) is 71.3 Å². The molecule has 0 aliphatic heterocycles. The first-order valence-electron chi connectivity index (χ1n) is 13.6. The zero-order valence-electron chi connectivity index (χ0n) is 24.1. The lowest BCUT2D eigenvalue weighted by Crippen LogP contribution is -2.41. The fourth-order valence-electron chi connectivity index (χ4n) is 4.38. The van der Waals surface area contributed by atoms with Crippen molar-refractivity contribution in [3.8, 4) is 16.9 Å². The fraction of sp³-hybridized carbons (Fsp3) is 0.312. The summed E-state index contributed by atoms with van der Waals surface area (Å²) < 4.78 is 46.1. The average molecular weight is 595 g/mol. The summed E-state index contributed by atoms with van der Waals surface area (Å²) in [6.07, 6.45) is 1.57. The number of benzene rings is 3. The Morgan fingerprint density at radius 2 is 1.90 bits per heavy atom. The van der Waals surface area contributed by atoms with E-state index in [1.165, 1.54) is 6.07 Å². The smallest absolute Gasteiger partial charge is 0.310 e. The second-order valence-corrected chi connectivity index (χ2v) is 12.8. The number of amides is 1. The van der Waals surface area contributed by atoms with Gasteiger partial charge < -0.3 is 24.2 Å². The summed E-state index contributed by atoms with van der Waals surface area (Å²) in [7, 11) is 0. The minimum absolute atomic E-state index is 0.0230. The Balaban J connectivity index is 1.65. The van der Waals surface area contributed by atoms with Gasteiger partial charge >= 0.3 is 5.97 Å². The van der Waals surface area contributed by atoms with E-state index in [9.17, 15) is 18.5 Å². The number of furan rings is 1. The topological polar surface area (TPSA) is 127 Å². The normalized spacial score (nSPS) is 13.1. The van der Waals surface area contributed by atoms with Gasteiger partial charge in [-0.1, -0.05) is 24.3 Å². The molecule has 1 heterocycles. The Bertz CT molecular complexity index is 1560. The molecule has 0 spiro atoms. The molecular formula is C32H35FN2O6S. The van der Waals surface area contributed by atoms with Crippen molar-refractivity contribution in [1.29, 1.82) is 0 Å². The Morgan fingerprint density at radius 3 is 2.60 bits per heavy atom. The third-order valence-electron chi connectivity index (χ3n) is 6.56. The van der Waals surface area contributed by atoms with Gasteiger partial charge in [-0.25, -0.2) is 4.39 Å². The van der Waals surface area contributed by atoms with E-state index in [4.69, 9.17) is 19.6 Å². The summed E-state index contributed by atoms with van der Waals surface area (Å²) in [4.78, 5) is 24.0. The number of nitrogens with one attached hydrogen (secondary N) is 1. The van der Waals surface area contributed by atoms with E-state index in [2.05, 4.69) is 4.72 Å². The van der Waals surface area contributed by atoms with E-state index >= 15 is 0 Å². The predicted molar refractivity (Wildman–Crippen MR) is 161 cm³/mol. The van der Waals surface area contributed by atoms with Crippen LogP contribution in [-0.2, 0) is 33.9 Å². The Kier molecular flexibility index (Phi) is 9.93. The molecule has 4 aromatic rings. The van der Waals surface area contributed by atoms with Crippen LogP contribution in [0.1, 0.15) is 60.8 Å². The molecule has 0 aliphatic rings. The second-order valence-electron chi connectivity index (χ2n) is 10.8. The van der Waals surface area contributed by atoms with Crippen molar-refractivity contribution in [2.24, 2.45) is 5.73 Å². The van der Waals surface area contributed by atoms with Crippen molar-refractivity contribution in [2.75, 3.05) is 13.3 Å². The van der Waals surface area contributed by atoms with Crippen molar-refractivity contribution in [3.63, 3.8) is 0 Å². The van der Waals surface area contributed by atoms with Gasteiger partial charge in [0.2, 0.25) is 5.91 Å². The molecule has 8 nitrogen and oxygen atoms in total. The summed E-state index contributed by atoms with van der Waals surface area (Å²) >= 11 is -1.45. The van der Waals surface area contributed by atoms with Crippen molar-refractivity contribution in [1.82, 2.24) is 4.72 Å². The fourth-order valence-corrected chi connectivity index (χ4v) is 5.19. The van der Waals surface area contributed by atoms with Gasteiger partial charge in [-0.2, -0.15) is 0 Å². The number of hydrogen-bond donors (Lipinski definition) is 2. The maximum atomic E-state index is 14.1. The lowest BCUT2D eigenvalue weighted by atomic mass is 9.97. The molecule has 1 amide bonds. The van der Waals surface area contributed by atoms with Crippen LogP contribution in [-0.4, -0.2) is 34.5 Å². The van der Waals surface area contributed by atoms with Crippen molar-refractivity contribution >= 4 is 34.2 Å². The molecular weight excluding hydrogens is 559 g/mol. The largest absolute Gasteiger partial charge is 0.598 e. The predicted octanol–water partition coefficient (Wildman–Crippen LogP) is 5.95. The molecule has 1 aromatic heterocycles. The van der Waals surface area contributed by atoms with Crippen LogP contribution in [0.25, 0.3) is 22.1 Å². The number of rotatable bonds is 12. The van der Waals surface area contributed by atoms with Crippen LogP contribution in [0.2, 0.25) is 0 Å². The van der Waals surface area contributed by atoms with Crippen molar-refractivity contribution in [3.05, 3.63) is 89.2 Å². The summed E-state index contributed by atoms with van der Waals surface area (Å²) in [5.74, 6) is -0.681. The SMILES string of the molecule is CCOC(=O)Cc1ccc(C(N)=O)cc1OCc1cc(-c2cccc([C@H](CF)N[S@+]([O-])C(C)(C)C)c2)c2occc2c1. The zero-order chi connectivity index (χ0) is 30.4. The summed E-state index contributed by atoms with van der Waals surface area (Å²) in [5, 5.41) is 0.836. The second kappa shape index (κ2) is 13.4. The average Bonchev–Trinajstić information content (AvgIpc) is 3.43. The number of esters is 1. The maximum Gasteiger partial charge on any atom is 0.310 e. The van der Waals surface area contributed by atoms with Crippen LogP contribution in [0.5, 0.6) is 5.75 Å². The number of halogens is 1. The number of nitrogens with two attached hydrogens (primary N) is 1. The Hall–Kier alpha value is -3.86. The molecule has 0 aliphatic carbocycles. The van der Waals surface area contributed by atoms with Gasteiger partial charge in [-0.05, 0) is 80.8 Å². The van der Waals surface area contributed by atoms with Gasteiger partial charge in [0.1, 0.15) is 35.4 Å². The number of carbonyl (C=O) groups is 2. The van der Waals surface area contributed by atoms with Crippen LogP contribution in [0, 0.1) is 0 Å². The molecule has 0 bridgehead atoms. The number of primary amides is 1. The highest BCUT2D eigenvalue weighted by molar-refractivity contribution is 7.90. The molecule has 2 atom stereocenters. The van der Waals surface area contributed by atoms with Gasteiger partial charge in [0.05, 0.1) is 19.3 Å². The number of fused-ring (bicyclic) bond motifs is 1. The first-order chi connectivity index (χ1) is 20.0. The molecule has 3 aromatic carbocycles. The molecule has 10 heteroatoms. The third kappa shape index (κ3) is 7.50. The molecule has 0 fully saturated rings. The van der Waals surface area contributed by atoms with E-state index in [0.29, 0.717) is 22.5 Å². The molecule has 222 valence electrons. The highest BCUT2D eigenvalue weighted by Gasteiger charge is 2.30. The highest BCUT2D eigenvalue weighted by Crippen LogP contribution is 2.34. The zero-order valence-corrected chi connectivity index (χ0v) is 24.9. The Morgan fingerprint density at radius 1 is 1.12 bits per heavy atom. The molecule has 0 radical (unpaired) electrons. The minimum Gasteiger partial charge on any atom is -0.598 e. The van der Waals surface area contributed by atoms with Gasteiger partial charge in [-0.15, -0.1) is 4.72 Å². The minimum atomic E-state index is -1.45. The molecule has 0 saturated heterocycles. The molecule has 4 rings (SSSR count). The van der Waals surface area contributed by atoms with Gasteiger partial charge in [0.25, 0.3) is 0 Å². The van der Waals surface area contributed by atoms with Crippen LogP contribution < -0.4 is 15.2 Å². The molecule has 0 unspecified atom stereocenters. The van der Waals surface area contributed by atoms with E-state index < -0.39 is 40.7 Å². The van der Waals surface area contributed by atoms with Crippen LogP contribution in [0.3, 0.4) is 0 Å². The summed E-state index contributed by atoms with van der Waals surface area (Å²) in [6.45, 7) is 6.84. The van der Waals surface area contributed by atoms with Gasteiger partial charge in [0.15, 0.2) is 0 Å². The van der Waals surface area contributed by atoms with Gasteiger partial charge in [0, 0.05) is 33.4 Å². The van der Waals surface area contributed by atoms with E-state index in [1.807, 2.05) is 57.2 Å². The monoisotopic (exact) mass is 594 g/mol. The van der Waals surface area contributed by atoms with Gasteiger partial charge in [-0.3, -0.25) is 9.59 Å². The third-order valence-corrected chi connectivity index (χ3v) is 8.17. The Labute approximate surface area is 247 Å². The van der Waals surface area contributed by atoms with E-state index in [1.54, 1.807) is 31.4 Å². The lowest BCUT2D eigenvalue weighted by molar-refractivity contribution is -0.142. The van der Waals surface area contributed by atoms with Crippen molar-refractivity contribution < 1.29 is 32.4 Å². The summed E-state index contributed by atoms with van der Waals surface area (Å²) in [6, 6.07) is 17.0. The molecule has 3 N–H and O–H groups in total. The number of carbonyl (C=O) groups excluding carboxylic acids is 2. The first kappa shape index (κ1) is 31.1. The van der Waals surface area contributed by atoms with E-state index in [0.717, 1.165) is 22.1 Å². The van der Waals surface area contributed by atoms with Crippen LogP contribution >= 0.6 is 0 Å². The quantitative estimate of drug-likeness (QED) is 0.153. The number of alkyl halides is 1. The highest BCUT2D eigenvalue weighted by atomic mass is 32.2. The standard InChI is InChI=1S/C32H35FN2O6S/c1-5-39-29(36)17-23-9-10-25(31(34)37)16-28(23)41-19-20-13-24-11-12-40-30(24)26(14-20)21-7-6-8-22(15-21)27(18-33)35-42(38)32(2,3)4/h6-16,27,35H,5,17-19H2,1-4H3,(H2,34,37)/t27-,42+/m0/s1. The first-order valence-corrected chi connectivity index (χ1v) is 14.7.